The molecule has 0 radical (unpaired) electrons. The van der Waals surface area contributed by atoms with E-state index in [1.54, 1.807) is 23.9 Å². The highest BCUT2D eigenvalue weighted by Crippen LogP contribution is 2.06. The van der Waals surface area contributed by atoms with E-state index in [0.717, 1.165) is 31.2 Å². The van der Waals surface area contributed by atoms with Crippen LogP contribution < -0.4 is 10.8 Å². The molecule has 0 spiro atoms. The number of carbonyl (C=O) groups is 2. The second-order valence-corrected chi connectivity index (χ2v) is 5.33. The number of amides is 2. The molecule has 6 nitrogen and oxygen atoms in total. The lowest BCUT2D eigenvalue weighted by molar-refractivity contribution is -0.134. The molecule has 6 heteroatoms. The lowest BCUT2D eigenvalue weighted by atomic mass is 10.1. The quantitative estimate of drug-likeness (QED) is 0.350. The van der Waals surface area contributed by atoms with E-state index in [1.807, 2.05) is 6.07 Å². The minimum Gasteiger partial charge on any atom is -0.344 e. The third-order valence-electron chi connectivity index (χ3n) is 3.43. The molecular weight excluding hydrogens is 282 g/mol. The molecule has 1 atom stereocenters. The third kappa shape index (κ3) is 7.17. The molecule has 0 bridgehead atoms. The summed E-state index contributed by atoms with van der Waals surface area (Å²) in [5, 5.41) is 11.5. The maximum atomic E-state index is 11.9. The Hall–Kier alpha value is -1.95. The fraction of sp³-hybridized carbons (Fsp3) is 0.562. The van der Waals surface area contributed by atoms with Crippen molar-refractivity contribution >= 4 is 11.8 Å². The molecule has 1 rings (SSSR count). The van der Waals surface area contributed by atoms with Gasteiger partial charge in [-0.25, -0.2) is 5.48 Å². The van der Waals surface area contributed by atoms with E-state index in [2.05, 4.69) is 17.2 Å². The van der Waals surface area contributed by atoms with Gasteiger partial charge < -0.3 is 5.32 Å². The van der Waals surface area contributed by atoms with Gasteiger partial charge in [-0.2, -0.15) is 0 Å². The average Bonchev–Trinajstić information content (AvgIpc) is 2.54. The maximum absolute atomic E-state index is 11.9. The first-order valence-electron chi connectivity index (χ1n) is 7.79. The van der Waals surface area contributed by atoms with Crippen LogP contribution in [0.5, 0.6) is 0 Å². The lowest BCUT2D eigenvalue weighted by Crippen LogP contribution is -2.47. The van der Waals surface area contributed by atoms with Crippen molar-refractivity contribution in [3.8, 4) is 0 Å². The molecule has 3 N–H and O–H groups in total. The van der Waals surface area contributed by atoms with E-state index in [4.69, 9.17) is 5.21 Å². The number of pyridine rings is 1. The first kappa shape index (κ1) is 18.1. The molecule has 0 aromatic carbocycles. The number of hydroxylamine groups is 1. The van der Waals surface area contributed by atoms with Crippen LogP contribution in [0.15, 0.2) is 24.5 Å². The summed E-state index contributed by atoms with van der Waals surface area (Å²) in [6.45, 7) is 2.14. The summed E-state index contributed by atoms with van der Waals surface area (Å²) in [5.74, 6) is -0.794. The summed E-state index contributed by atoms with van der Waals surface area (Å²) in [6.07, 6.45) is 9.25. The van der Waals surface area contributed by atoms with E-state index in [-0.39, 0.29) is 5.91 Å². The molecule has 1 aromatic heterocycles. The van der Waals surface area contributed by atoms with E-state index in [9.17, 15) is 9.59 Å². The second-order valence-electron chi connectivity index (χ2n) is 5.33. The predicted octanol–water partition coefficient (Wildman–Crippen LogP) is 1.97. The highest BCUT2D eigenvalue weighted by molar-refractivity contribution is 5.87. The summed E-state index contributed by atoms with van der Waals surface area (Å²) in [7, 11) is 0. The second kappa shape index (κ2) is 10.7. The molecule has 0 fully saturated rings. The zero-order valence-electron chi connectivity index (χ0n) is 13.0. The Bertz CT molecular complexity index is 451. The summed E-state index contributed by atoms with van der Waals surface area (Å²) in [6, 6.07) is 2.79. The van der Waals surface area contributed by atoms with Crippen LogP contribution in [0.3, 0.4) is 0 Å². The number of nitrogens with zero attached hydrogens (tertiary/aromatic N) is 1. The molecule has 1 heterocycles. The number of nitrogens with one attached hydrogen (secondary N) is 2. The van der Waals surface area contributed by atoms with Gasteiger partial charge in [0.2, 0.25) is 5.91 Å². The Morgan fingerprint density at radius 3 is 2.68 bits per heavy atom. The van der Waals surface area contributed by atoms with Crippen LogP contribution in [0, 0.1) is 0 Å². The van der Waals surface area contributed by atoms with Gasteiger partial charge in [0, 0.05) is 25.2 Å². The minimum absolute atomic E-state index is 0.172. The Kier molecular flexibility index (Phi) is 8.83. The Balaban J connectivity index is 2.44. The average molecular weight is 307 g/mol. The van der Waals surface area contributed by atoms with Gasteiger partial charge in [0.05, 0.1) is 0 Å². The number of unbranched alkanes of at least 4 members (excludes halogenated alkanes) is 4. The van der Waals surface area contributed by atoms with Crippen molar-refractivity contribution in [3.05, 3.63) is 30.1 Å². The fourth-order valence-electron chi connectivity index (χ4n) is 2.20. The number of hydrogen-bond donors (Lipinski definition) is 3. The van der Waals surface area contributed by atoms with Crippen LogP contribution in [0.2, 0.25) is 0 Å². The zero-order chi connectivity index (χ0) is 16.2. The van der Waals surface area contributed by atoms with Crippen molar-refractivity contribution in [2.24, 2.45) is 0 Å². The standard InChI is InChI=1S/C16H25N3O3/c1-2-3-4-5-6-9-15(20)18-14(16(21)19-22)11-13-8-7-10-17-12-13/h7-8,10,12,14,22H,2-6,9,11H2,1H3,(H,18,20)(H,19,21)/t14-/m1/s1. The maximum Gasteiger partial charge on any atom is 0.266 e. The van der Waals surface area contributed by atoms with E-state index in [1.165, 1.54) is 6.42 Å². The van der Waals surface area contributed by atoms with Gasteiger partial charge in [-0.1, -0.05) is 38.7 Å². The molecule has 22 heavy (non-hydrogen) atoms. The third-order valence-corrected chi connectivity index (χ3v) is 3.43. The van der Waals surface area contributed by atoms with E-state index >= 15 is 0 Å². The number of hydrogen-bond acceptors (Lipinski definition) is 4. The molecule has 0 aliphatic carbocycles. The Morgan fingerprint density at radius 1 is 1.27 bits per heavy atom. The first-order chi connectivity index (χ1) is 10.7. The molecule has 2 amide bonds. The highest BCUT2D eigenvalue weighted by atomic mass is 16.5. The lowest BCUT2D eigenvalue weighted by Gasteiger charge is -2.16. The number of carbonyl (C=O) groups excluding carboxylic acids is 2. The fourth-order valence-corrected chi connectivity index (χ4v) is 2.20. The van der Waals surface area contributed by atoms with Crippen molar-refractivity contribution < 1.29 is 14.8 Å². The SMILES string of the molecule is CCCCCCCC(=O)N[C@H](Cc1cccnc1)C(=O)NO. The number of rotatable bonds is 10. The largest absolute Gasteiger partial charge is 0.344 e. The van der Waals surface area contributed by atoms with Crippen LogP contribution in [-0.2, 0) is 16.0 Å². The van der Waals surface area contributed by atoms with Gasteiger partial charge in [-0.3, -0.25) is 19.8 Å². The van der Waals surface area contributed by atoms with Crippen molar-refractivity contribution in [2.45, 2.75) is 57.9 Å². The Labute approximate surface area is 131 Å². The molecule has 1 aromatic rings. The van der Waals surface area contributed by atoms with E-state index in [0.29, 0.717) is 12.8 Å². The van der Waals surface area contributed by atoms with Crippen LogP contribution >= 0.6 is 0 Å². The van der Waals surface area contributed by atoms with Crippen molar-refractivity contribution in [1.82, 2.24) is 15.8 Å². The van der Waals surface area contributed by atoms with Crippen LogP contribution in [0.25, 0.3) is 0 Å². The van der Waals surface area contributed by atoms with E-state index < -0.39 is 11.9 Å². The predicted molar refractivity (Wildman–Crippen MR) is 83.2 cm³/mol. The molecule has 122 valence electrons. The number of aromatic nitrogens is 1. The minimum atomic E-state index is -0.794. The molecule has 0 unspecified atom stereocenters. The summed E-state index contributed by atoms with van der Waals surface area (Å²) < 4.78 is 0. The molecular formula is C16H25N3O3. The molecule has 0 aliphatic rings. The molecule has 0 saturated heterocycles. The van der Waals surface area contributed by atoms with Gasteiger partial charge in [-0.05, 0) is 18.1 Å². The van der Waals surface area contributed by atoms with Gasteiger partial charge >= 0.3 is 0 Å². The van der Waals surface area contributed by atoms with Gasteiger partial charge in [0.1, 0.15) is 6.04 Å². The van der Waals surface area contributed by atoms with Crippen LogP contribution in [0.1, 0.15) is 51.0 Å². The summed E-state index contributed by atoms with van der Waals surface area (Å²) >= 11 is 0. The van der Waals surface area contributed by atoms with Crippen molar-refractivity contribution in [2.75, 3.05) is 0 Å². The van der Waals surface area contributed by atoms with Crippen molar-refractivity contribution in [3.63, 3.8) is 0 Å². The van der Waals surface area contributed by atoms with Crippen molar-refractivity contribution in [1.29, 1.82) is 0 Å². The highest BCUT2D eigenvalue weighted by Gasteiger charge is 2.20. The normalized spacial score (nSPS) is 11.7. The van der Waals surface area contributed by atoms with Crippen LogP contribution in [-0.4, -0.2) is 28.0 Å². The zero-order valence-corrected chi connectivity index (χ0v) is 13.0. The molecule has 0 saturated carbocycles. The first-order valence-corrected chi connectivity index (χ1v) is 7.79. The van der Waals surface area contributed by atoms with Gasteiger partial charge in [-0.15, -0.1) is 0 Å². The molecule has 0 aliphatic heterocycles. The summed E-state index contributed by atoms with van der Waals surface area (Å²) in [5.41, 5.74) is 2.42. The van der Waals surface area contributed by atoms with Crippen LogP contribution in [0.4, 0.5) is 0 Å². The smallest absolute Gasteiger partial charge is 0.266 e. The van der Waals surface area contributed by atoms with Gasteiger partial charge in [0.25, 0.3) is 5.91 Å². The monoisotopic (exact) mass is 307 g/mol. The Morgan fingerprint density at radius 2 is 2.05 bits per heavy atom. The summed E-state index contributed by atoms with van der Waals surface area (Å²) in [4.78, 5) is 27.6. The van der Waals surface area contributed by atoms with Gasteiger partial charge in [0.15, 0.2) is 0 Å². The topological polar surface area (TPSA) is 91.3 Å².